The fourth-order valence-electron chi connectivity index (χ4n) is 1.43. The molecule has 0 atom stereocenters. The van der Waals surface area contributed by atoms with Crippen LogP contribution in [0.15, 0.2) is 10.5 Å². The quantitative estimate of drug-likeness (QED) is 0.608. The summed E-state index contributed by atoms with van der Waals surface area (Å²) in [4.78, 5) is 4.38. The van der Waals surface area contributed by atoms with Crippen LogP contribution in [0.25, 0.3) is 0 Å². The number of nitrogens with one attached hydrogen (secondary N) is 1. The van der Waals surface area contributed by atoms with Crippen LogP contribution in [0, 0.1) is 12.8 Å². The molecule has 1 N–H and O–H groups in total. The summed E-state index contributed by atoms with van der Waals surface area (Å²) in [5.74, 6) is 1.37. The normalized spacial score (nSPS) is 10.7. The lowest BCUT2D eigenvalue weighted by Gasteiger charge is -2.11. The van der Waals surface area contributed by atoms with Crippen LogP contribution in [0.4, 0.5) is 5.69 Å². The molecule has 1 rings (SSSR count). The van der Waals surface area contributed by atoms with E-state index in [9.17, 15) is 0 Å². The van der Waals surface area contributed by atoms with Gasteiger partial charge in [0.05, 0.1) is 22.5 Å². The summed E-state index contributed by atoms with van der Waals surface area (Å²) in [6, 6.07) is 1.92. The minimum Gasteiger partial charge on any atom is -0.477 e. The largest absolute Gasteiger partial charge is 0.477 e. The number of hydrogen-bond acceptors (Lipinski definition) is 4. The van der Waals surface area contributed by atoms with E-state index in [0.717, 1.165) is 22.3 Å². The van der Waals surface area contributed by atoms with Crippen molar-refractivity contribution >= 4 is 34.4 Å². The van der Waals surface area contributed by atoms with Crippen LogP contribution in [0.5, 0.6) is 5.88 Å². The monoisotopic (exact) mass is 318 g/mol. The lowest BCUT2D eigenvalue weighted by Crippen LogP contribution is -2.03. The molecule has 0 unspecified atom stereocenters. The molecule has 3 nitrogen and oxygen atoms in total. The number of ether oxygens (including phenoxy) is 1. The van der Waals surface area contributed by atoms with E-state index < -0.39 is 0 Å². The maximum atomic E-state index is 5.66. The van der Waals surface area contributed by atoms with Crippen LogP contribution >= 0.6 is 28.7 Å². The van der Waals surface area contributed by atoms with Crippen molar-refractivity contribution < 1.29 is 4.74 Å². The highest BCUT2D eigenvalue weighted by Crippen LogP contribution is 2.28. The Hall–Kier alpha value is -0.420. The van der Waals surface area contributed by atoms with Gasteiger partial charge in [0.15, 0.2) is 0 Å². The van der Waals surface area contributed by atoms with Gasteiger partial charge in [-0.2, -0.15) is 0 Å². The van der Waals surface area contributed by atoms with Crippen LogP contribution in [-0.4, -0.2) is 11.6 Å². The van der Waals surface area contributed by atoms with Crippen molar-refractivity contribution in [2.45, 2.75) is 33.6 Å². The van der Waals surface area contributed by atoms with E-state index in [2.05, 4.69) is 52.3 Å². The van der Waals surface area contributed by atoms with Crippen LogP contribution in [0.3, 0.4) is 0 Å². The predicted octanol–water partition coefficient (Wildman–Crippen LogP) is 4.22. The zero-order valence-corrected chi connectivity index (χ0v) is 12.9. The smallest absolute Gasteiger partial charge is 0.228 e. The molecule has 96 valence electrons. The molecular weight excluding hydrogens is 300 g/mol. The molecule has 0 aliphatic carbocycles. The Morgan fingerprint density at radius 1 is 1.53 bits per heavy atom. The number of anilines is 1. The van der Waals surface area contributed by atoms with Crippen molar-refractivity contribution in [3.05, 3.63) is 16.2 Å². The molecule has 1 heterocycles. The summed E-state index contributed by atoms with van der Waals surface area (Å²) in [7, 11) is 0. The summed E-state index contributed by atoms with van der Waals surface area (Å²) >= 11 is 7.46. The molecule has 0 saturated heterocycles. The van der Waals surface area contributed by atoms with Gasteiger partial charge in [0.25, 0.3) is 0 Å². The lowest BCUT2D eigenvalue weighted by atomic mass is 10.1. The molecule has 0 bridgehead atoms. The fourth-order valence-corrected chi connectivity index (χ4v) is 2.09. The second-order valence-corrected chi connectivity index (χ2v) is 5.48. The van der Waals surface area contributed by atoms with Gasteiger partial charge in [0.2, 0.25) is 5.88 Å². The van der Waals surface area contributed by atoms with Crippen LogP contribution in [0.2, 0.25) is 0 Å². The molecule has 0 radical (unpaired) electrons. The summed E-state index contributed by atoms with van der Waals surface area (Å²) < 4.78 is 9.30. The predicted molar refractivity (Wildman–Crippen MR) is 78.8 cm³/mol. The summed E-state index contributed by atoms with van der Waals surface area (Å²) in [6.07, 6.45) is 2.23. The van der Waals surface area contributed by atoms with Crippen LogP contribution < -0.4 is 9.46 Å². The maximum Gasteiger partial charge on any atom is 0.228 e. The first-order chi connectivity index (χ1) is 8.04. The second-order valence-electron chi connectivity index (χ2n) is 4.40. The SMILES string of the molecule is Cc1nc(OCCCC(C)C)c(Br)cc1NS. The van der Waals surface area contributed by atoms with Crippen LogP contribution in [-0.2, 0) is 0 Å². The van der Waals surface area contributed by atoms with Gasteiger partial charge in [-0.05, 0) is 47.7 Å². The third-order valence-electron chi connectivity index (χ3n) is 2.42. The first-order valence-corrected chi connectivity index (χ1v) is 6.98. The first kappa shape index (κ1) is 14.6. The molecule has 0 aromatic carbocycles. The average molecular weight is 319 g/mol. The molecule has 0 saturated carbocycles. The van der Waals surface area contributed by atoms with Crippen molar-refractivity contribution in [2.75, 3.05) is 11.3 Å². The van der Waals surface area contributed by atoms with E-state index in [1.165, 1.54) is 6.42 Å². The highest BCUT2D eigenvalue weighted by Gasteiger charge is 2.07. The number of aromatic nitrogens is 1. The van der Waals surface area contributed by atoms with Gasteiger partial charge in [-0.15, -0.1) is 0 Å². The van der Waals surface area contributed by atoms with E-state index in [-0.39, 0.29) is 0 Å². The minimum absolute atomic E-state index is 0.651. The zero-order valence-electron chi connectivity index (χ0n) is 10.5. The summed E-state index contributed by atoms with van der Waals surface area (Å²) in [5, 5.41) is 0. The fraction of sp³-hybridized carbons (Fsp3) is 0.583. The molecular formula is C12H19BrN2OS. The van der Waals surface area contributed by atoms with E-state index in [1.54, 1.807) is 0 Å². The number of nitrogens with zero attached hydrogens (tertiary/aromatic N) is 1. The standard InChI is InChI=1S/C12H19BrN2OS/c1-8(2)5-4-6-16-12-10(13)7-11(15-17)9(3)14-12/h7-8,15,17H,4-6H2,1-3H3. The Morgan fingerprint density at radius 2 is 2.24 bits per heavy atom. The molecule has 0 fully saturated rings. The van der Waals surface area contributed by atoms with Gasteiger partial charge in [-0.25, -0.2) is 4.98 Å². The van der Waals surface area contributed by atoms with Gasteiger partial charge >= 0.3 is 0 Å². The molecule has 5 heteroatoms. The van der Waals surface area contributed by atoms with E-state index in [4.69, 9.17) is 4.74 Å². The van der Waals surface area contributed by atoms with Gasteiger partial charge in [0, 0.05) is 0 Å². The number of halogens is 1. The molecule has 0 spiro atoms. The molecule has 1 aromatic rings. The van der Waals surface area contributed by atoms with E-state index in [1.807, 2.05) is 13.0 Å². The first-order valence-electron chi connectivity index (χ1n) is 5.74. The Morgan fingerprint density at radius 3 is 2.82 bits per heavy atom. The minimum atomic E-state index is 0.651. The van der Waals surface area contributed by atoms with Crippen molar-refractivity contribution in [1.82, 2.24) is 4.98 Å². The van der Waals surface area contributed by atoms with E-state index >= 15 is 0 Å². The van der Waals surface area contributed by atoms with Gasteiger partial charge in [-0.1, -0.05) is 26.7 Å². The Kier molecular flexibility index (Phi) is 6.12. The number of hydrogen-bond donors (Lipinski definition) is 2. The molecule has 0 aliphatic heterocycles. The van der Waals surface area contributed by atoms with Gasteiger partial charge < -0.3 is 9.46 Å². The summed E-state index contributed by atoms with van der Waals surface area (Å²) in [5.41, 5.74) is 1.76. The van der Waals surface area contributed by atoms with Crippen molar-refractivity contribution in [3.63, 3.8) is 0 Å². The number of pyridine rings is 1. The van der Waals surface area contributed by atoms with Crippen LogP contribution in [0.1, 0.15) is 32.4 Å². The lowest BCUT2D eigenvalue weighted by molar-refractivity contribution is 0.285. The zero-order chi connectivity index (χ0) is 12.8. The number of aryl methyl sites for hydroxylation is 1. The third kappa shape index (κ3) is 4.76. The van der Waals surface area contributed by atoms with Gasteiger partial charge in [-0.3, -0.25) is 0 Å². The second kappa shape index (κ2) is 7.11. The van der Waals surface area contributed by atoms with Crippen molar-refractivity contribution in [2.24, 2.45) is 5.92 Å². The highest BCUT2D eigenvalue weighted by molar-refractivity contribution is 9.10. The Balaban J connectivity index is 2.56. The Bertz CT molecular complexity index is 372. The van der Waals surface area contributed by atoms with Crippen molar-refractivity contribution in [3.8, 4) is 5.88 Å². The van der Waals surface area contributed by atoms with Gasteiger partial charge in [0.1, 0.15) is 0 Å². The molecule has 0 aliphatic rings. The maximum absolute atomic E-state index is 5.66. The molecule has 17 heavy (non-hydrogen) atoms. The highest BCUT2D eigenvalue weighted by atomic mass is 79.9. The Labute approximate surface area is 117 Å². The van der Waals surface area contributed by atoms with Crippen molar-refractivity contribution in [1.29, 1.82) is 0 Å². The number of thiol groups is 1. The topological polar surface area (TPSA) is 34.1 Å². The number of rotatable bonds is 6. The van der Waals surface area contributed by atoms with E-state index in [0.29, 0.717) is 18.4 Å². The third-order valence-corrected chi connectivity index (χ3v) is 3.23. The average Bonchev–Trinajstić information content (AvgIpc) is 2.28. The summed E-state index contributed by atoms with van der Waals surface area (Å²) in [6.45, 7) is 7.06. The molecule has 1 aromatic heterocycles. The molecule has 0 amide bonds.